The van der Waals surface area contributed by atoms with E-state index in [1.54, 1.807) is 13.2 Å². The predicted molar refractivity (Wildman–Crippen MR) is 90.5 cm³/mol. The molecule has 0 saturated carbocycles. The first-order valence-electron chi connectivity index (χ1n) is 8.04. The van der Waals surface area contributed by atoms with Crippen LogP contribution in [0.2, 0.25) is 0 Å². The van der Waals surface area contributed by atoms with Crippen molar-refractivity contribution in [3.8, 4) is 17.2 Å². The van der Waals surface area contributed by atoms with E-state index in [1.165, 1.54) is 0 Å². The average Bonchev–Trinajstić information content (AvgIpc) is 2.65. The molecule has 0 fully saturated rings. The molecule has 3 rings (SSSR count). The Kier molecular flexibility index (Phi) is 4.89. The van der Waals surface area contributed by atoms with Crippen LogP contribution in [-0.2, 0) is 4.79 Å². The van der Waals surface area contributed by atoms with Crippen molar-refractivity contribution >= 4 is 5.91 Å². The highest BCUT2D eigenvalue weighted by Crippen LogP contribution is 2.31. The van der Waals surface area contributed by atoms with Gasteiger partial charge in [0.25, 0.3) is 5.91 Å². The van der Waals surface area contributed by atoms with E-state index >= 15 is 0 Å². The van der Waals surface area contributed by atoms with Gasteiger partial charge in [0.2, 0.25) is 6.10 Å². The summed E-state index contributed by atoms with van der Waals surface area (Å²) in [6.45, 7) is 2.24. The molecular weight excluding hydrogens is 306 g/mol. The molecule has 5 nitrogen and oxygen atoms in total. The number of fused-ring (bicyclic) bond motifs is 1. The standard InChI is InChI=1S/C19H21NO4/c1-3-15(13-8-10-14(22-2)11-9-13)20-19(21)18-12-23-16-6-4-5-7-17(16)24-18/h4-11,15,18H,3,12H2,1-2H3,(H,20,21)/t15-,18+/m0/s1. The van der Waals surface area contributed by atoms with Gasteiger partial charge in [0.05, 0.1) is 13.2 Å². The molecule has 0 spiro atoms. The summed E-state index contributed by atoms with van der Waals surface area (Å²) in [5.74, 6) is 1.89. The van der Waals surface area contributed by atoms with E-state index in [2.05, 4.69) is 5.32 Å². The predicted octanol–water partition coefficient (Wildman–Crippen LogP) is 3.10. The Balaban J connectivity index is 1.66. The zero-order valence-corrected chi connectivity index (χ0v) is 13.8. The Morgan fingerprint density at radius 3 is 2.58 bits per heavy atom. The molecule has 0 aliphatic carbocycles. The summed E-state index contributed by atoms with van der Waals surface area (Å²) in [5, 5.41) is 3.04. The molecule has 126 valence electrons. The molecule has 1 aliphatic rings. The van der Waals surface area contributed by atoms with Gasteiger partial charge in [-0.2, -0.15) is 0 Å². The lowest BCUT2D eigenvalue weighted by Gasteiger charge is -2.27. The number of hydrogen-bond acceptors (Lipinski definition) is 4. The fourth-order valence-corrected chi connectivity index (χ4v) is 2.67. The molecule has 0 saturated heterocycles. The number of nitrogens with one attached hydrogen (secondary N) is 1. The minimum Gasteiger partial charge on any atom is -0.497 e. The number of para-hydroxylation sites is 2. The van der Waals surface area contributed by atoms with E-state index in [0.29, 0.717) is 11.5 Å². The number of amides is 1. The molecule has 0 radical (unpaired) electrons. The van der Waals surface area contributed by atoms with Crippen LogP contribution in [0.25, 0.3) is 0 Å². The lowest BCUT2D eigenvalue weighted by Crippen LogP contribution is -2.45. The van der Waals surface area contributed by atoms with Gasteiger partial charge in [-0.05, 0) is 36.2 Å². The number of carbonyl (C=O) groups is 1. The van der Waals surface area contributed by atoms with Crippen molar-refractivity contribution in [1.82, 2.24) is 5.32 Å². The molecular formula is C19H21NO4. The SMILES string of the molecule is CC[C@H](NC(=O)[C@H]1COc2ccccc2O1)c1ccc(OC)cc1. The zero-order chi connectivity index (χ0) is 16.9. The highest BCUT2D eigenvalue weighted by molar-refractivity contribution is 5.82. The maximum absolute atomic E-state index is 12.5. The topological polar surface area (TPSA) is 56.8 Å². The van der Waals surface area contributed by atoms with Gasteiger partial charge < -0.3 is 19.5 Å². The molecule has 1 amide bonds. The third-order valence-electron chi connectivity index (χ3n) is 4.04. The Morgan fingerprint density at radius 1 is 1.21 bits per heavy atom. The van der Waals surface area contributed by atoms with Crippen molar-refractivity contribution < 1.29 is 19.0 Å². The second-order valence-electron chi connectivity index (χ2n) is 5.61. The van der Waals surface area contributed by atoms with Crippen LogP contribution in [0.4, 0.5) is 0 Å². The third-order valence-corrected chi connectivity index (χ3v) is 4.04. The molecule has 1 N–H and O–H groups in total. The quantitative estimate of drug-likeness (QED) is 0.917. The molecule has 0 bridgehead atoms. The minimum atomic E-state index is -0.646. The molecule has 1 heterocycles. The fraction of sp³-hybridized carbons (Fsp3) is 0.316. The van der Waals surface area contributed by atoms with Gasteiger partial charge in [-0.15, -0.1) is 0 Å². The first-order chi connectivity index (χ1) is 11.7. The Bertz CT molecular complexity index is 699. The van der Waals surface area contributed by atoms with E-state index in [9.17, 15) is 4.79 Å². The lowest BCUT2D eigenvalue weighted by atomic mass is 10.0. The second-order valence-corrected chi connectivity index (χ2v) is 5.61. The Hall–Kier alpha value is -2.69. The van der Waals surface area contributed by atoms with Crippen LogP contribution in [-0.4, -0.2) is 25.7 Å². The summed E-state index contributed by atoms with van der Waals surface area (Å²) in [6, 6.07) is 15.0. The van der Waals surface area contributed by atoms with Crippen molar-refractivity contribution in [3.05, 3.63) is 54.1 Å². The van der Waals surface area contributed by atoms with Crippen molar-refractivity contribution in [1.29, 1.82) is 0 Å². The Labute approximate surface area is 141 Å². The van der Waals surface area contributed by atoms with Gasteiger partial charge in [-0.25, -0.2) is 0 Å². The molecule has 24 heavy (non-hydrogen) atoms. The maximum Gasteiger partial charge on any atom is 0.265 e. The first kappa shape index (κ1) is 16.2. The maximum atomic E-state index is 12.5. The highest BCUT2D eigenvalue weighted by Gasteiger charge is 2.28. The van der Waals surface area contributed by atoms with Crippen molar-refractivity contribution in [2.75, 3.05) is 13.7 Å². The number of ether oxygens (including phenoxy) is 3. The van der Waals surface area contributed by atoms with Gasteiger partial charge >= 0.3 is 0 Å². The van der Waals surface area contributed by atoms with Gasteiger partial charge in [-0.3, -0.25) is 4.79 Å². The first-order valence-corrected chi connectivity index (χ1v) is 8.04. The summed E-state index contributed by atoms with van der Waals surface area (Å²) in [7, 11) is 1.63. The highest BCUT2D eigenvalue weighted by atomic mass is 16.6. The van der Waals surface area contributed by atoms with E-state index in [1.807, 2.05) is 49.4 Å². The number of carbonyl (C=O) groups excluding carboxylic acids is 1. The molecule has 5 heteroatoms. The van der Waals surface area contributed by atoms with Gasteiger partial charge in [0.1, 0.15) is 12.4 Å². The number of hydrogen-bond donors (Lipinski definition) is 1. The van der Waals surface area contributed by atoms with Crippen molar-refractivity contribution in [2.45, 2.75) is 25.5 Å². The molecule has 0 unspecified atom stereocenters. The Morgan fingerprint density at radius 2 is 1.92 bits per heavy atom. The minimum absolute atomic E-state index is 0.0795. The summed E-state index contributed by atoms with van der Waals surface area (Å²) in [4.78, 5) is 12.5. The molecule has 2 aromatic carbocycles. The lowest BCUT2D eigenvalue weighted by molar-refractivity contribution is -0.131. The third kappa shape index (κ3) is 3.45. The van der Waals surface area contributed by atoms with Crippen LogP contribution in [0.3, 0.4) is 0 Å². The van der Waals surface area contributed by atoms with Crippen LogP contribution < -0.4 is 19.5 Å². The number of benzene rings is 2. The van der Waals surface area contributed by atoms with Crippen LogP contribution in [0, 0.1) is 0 Å². The summed E-state index contributed by atoms with van der Waals surface area (Å²) in [6.07, 6.45) is 0.134. The van der Waals surface area contributed by atoms with Crippen LogP contribution >= 0.6 is 0 Å². The fourth-order valence-electron chi connectivity index (χ4n) is 2.67. The smallest absolute Gasteiger partial charge is 0.265 e. The van der Waals surface area contributed by atoms with Crippen LogP contribution in [0.1, 0.15) is 24.9 Å². The largest absolute Gasteiger partial charge is 0.497 e. The van der Waals surface area contributed by atoms with Crippen molar-refractivity contribution in [3.63, 3.8) is 0 Å². The summed E-state index contributed by atoms with van der Waals surface area (Å²) < 4.78 is 16.5. The molecule has 0 aromatic heterocycles. The molecule has 2 atom stereocenters. The van der Waals surface area contributed by atoms with Crippen LogP contribution in [0.15, 0.2) is 48.5 Å². The number of rotatable bonds is 5. The van der Waals surface area contributed by atoms with Gasteiger partial charge in [-0.1, -0.05) is 31.2 Å². The average molecular weight is 327 g/mol. The van der Waals surface area contributed by atoms with E-state index in [0.717, 1.165) is 17.7 Å². The van der Waals surface area contributed by atoms with E-state index in [-0.39, 0.29) is 18.6 Å². The van der Waals surface area contributed by atoms with Gasteiger partial charge in [0.15, 0.2) is 11.5 Å². The van der Waals surface area contributed by atoms with Crippen LogP contribution in [0.5, 0.6) is 17.2 Å². The number of methoxy groups -OCH3 is 1. The second kappa shape index (κ2) is 7.25. The summed E-state index contributed by atoms with van der Waals surface area (Å²) >= 11 is 0. The van der Waals surface area contributed by atoms with Gasteiger partial charge in [0, 0.05) is 0 Å². The monoisotopic (exact) mass is 327 g/mol. The normalized spacial score (nSPS) is 17.0. The summed E-state index contributed by atoms with van der Waals surface area (Å²) in [5.41, 5.74) is 1.03. The zero-order valence-electron chi connectivity index (χ0n) is 13.8. The molecule has 2 aromatic rings. The molecule has 1 aliphatic heterocycles. The van der Waals surface area contributed by atoms with E-state index in [4.69, 9.17) is 14.2 Å². The van der Waals surface area contributed by atoms with Crippen molar-refractivity contribution in [2.24, 2.45) is 0 Å². The van der Waals surface area contributed by atoms with E-state index < -0.39 is 6.10 Å².